The van der Waals surface area contributed by atoms with Crippen LogP contribution in [0.2, 0.25) is 0 Å². The quantitative estimate of drug-likeness (QED) is 0.210. The summed E-state index contributed by atoms with van der Waals surface area (Å²) in [4.78, 5) is 66.3. The van der Waals surface area contributed by atoms with Crippen LogP contribution < -0.4 is 0 Å². The smallest absolute Gasteiger partial charge is 0.317 e. The Balaban J connectivity index is -0.0000000679. The molecule has 2 saturated heterocycles. The van der Waals surface area contributed by atoms with Crippen LogP contribution in [0.5, 0.6) is 0 Å². The van der Waals surface area contributed by atoms with E-state index >= 15 is 0 Å². The zero-order chi connectivity index (χ0) is 24.6. The number of rotatable bonds is 3. The number of amides is 2. The molecule has 10 nitrogen and oxygen atoms in total. The molecule has 6 atom stereocenters. The van der Waals surface area contributed by atoms with Crippen molar-refractivity contribution in [3.05, 3.63) is 0 Å². The number of nitrogens with zero attached hydrogens (tertiary/aromatic N) is 1. The van der Waals surface area contributed by atoms with Gasteiger partial charge in [0.2, 0.25) is 11.8 Å². The van der Waals surface area contributed by atoms with Crippen molar-refractivity contribution in [3.8, 4) is 0 Å². The van der Waals surface area contributed by atoms with E-state index in [0.29, 0.717) is 0 Å². The van der Waals surface area contributed by atoms with Crippen molar-refractivity contribution in [2.45, 2.75) is 86.1 Å². The summed E-state index contributed by atoms with van der Waals surface area (Å²) in [6.07, 6.45) is 0. The maximum atomic E-state index is 11.0. The van der Waals surface area contributed by atoms with Crippen molar-refractivity contribution >= 4 is 35.7 Å². The van der Waals surface area contributed by atoms with E-state index in [9.17, 15) is 28.8 Å². The predicted octanol–water partition coefficient (Wildman–Crippen LogP) is 5.02. The molecule has 0 N–H and O–H groups in total. The molecule has 2 aliphatic rings. The second-order valence-corrected chi connectivity index (χ2v) is 7.75. The molecule has 0 radical (unpaired) electrons. The molecule has 0 aliphatic carbocycles. The van der Waals surface area contributed by atoms with Crippen molar-refractivity contribution < 1.29 is 43.0 Å². The number of ether oxygens (including phenoxy) is 3. The van der Waals surface area contributed by atoms with Gasteiger partial charge >= 0.3 is 23.9 Å². The number of carbonyl (C=O) groups is 6. The first kappa shape index (κ1) is 51.0. The van der Waals surface area contributed by atoms with Gasteiger partial charge in [0.15, 0.2) is 0 Å². The molecule has 0 spiro atoms. The first-order valence-electron chi connectivity index (χ1n) is 9.95. The Hall–Kier alpha value is -2.78. The van der Waals surface area contributed by atoms with Crippen LogP contribution in [0.15, 0.2) is 0 Å². The van der Waals surface area contributed by atoms with Gasteiger partial charge in [0, 0.05) is 18.9 Å². The van der Waals surface area contributed by atoms with Gasteiger partial charge in [-0.15, -0.1) is 0 Å². The second kappa shape index (κ2) is 22.4. The van der Waals surface area contributed by atoms with Crippen LogP contribution in [0, 0.1) is 35.5 Å². The molecule has 2 heterocycles. The fourth-order valence-corrected chi connectivity index (χ4v) is 2.62. The van der Waals surface area contributed by atoms with Crippen molar-refractivity contribution in [3.63, 3.8) is 0 Å². The summed E-state index contributed by atoms with van der Waals surface area (Å²) in [5.41, 5.74) is 0. The maximum Gasteiger partial charge on any atom is 0.317 e. The highest BCUT2D eigenvalue weighted by atomic mass is 16.6. The molecule has 2 rings (SSSR count). The predicted molar refractivity (Wildman–Crippen MR) is 148 cm³/mol. The molecular formula is C27H57NO9. The van der Waals surface area contributed by atoms with E-state index in [0.717, 1.165) is 0 Å². The van der Waals surface area contributed by atoms with E-state index < -0.39 is 35.7 Å². The lowest BCUT2D eigenvalue weighted by atomic mass is 9.96. The molecule has 0 bridgehead atoms. The van der Waals surface area contributed by atoms with Gasteiger partial charge in [0.05, 0.1) is 37.9 Å². The van der Waals surface area contributed by atoms with Gasteiger partial charge in [-0.25, -0.2) is 0 Å². The van der Waals surface area contributed by atoms with E-state index in [2.05, 4.69) is 14.2 Å². The number of hydrogen-bond donors (Lipinski definition) is 0. The lowest BCUT2D eigenvalue weighted by Gasteiger charge is -2.14. The molecular weight excluding hydrogens is 482 g/mol. The highest BCUT2D eigenvalue weighted by molar-refractivity contribution is 6.04. The summed E-state index contributed by atoms with van der Waals surface area (Å²) in [6.45, 7) is 10.2. The number of esters is 4. The fraction of sp³-hybridized carbons (Fsp3) is 0.778. The van der Waals surface area contributed by atoms with Gasteiger partial charge in [-0.05, 0) is 0 Å². The Morgan fingerprint density at radius 2 is 0.892 bits per heavy atom. The Kier molecular flexibility index (Phi) is 30.9. The van der Waals surface area contributed by atoms with Crippen LogP contribution in [0.4, 0.5) is 0 Å². The Morgan fingerprint density at radius 3 is 1.00 bits per heavy atom. The summed E-state index contributed by atoms with van der Waals surface area (Å²) < 4.78 is 13.3. The average Bonchev–Trinajstić information content (AvgIpc) is 3.08. The van der Waals surface area contributed by atoms with Gasteiger partial charge in [0.25, 0.3) is 0 Å². The van der Waals surface area contributed by atoms with Crippen molar-refractivity contribution in [2.75, 3.05) is 21.3 Å². The highest BCUT2D eigenvalue weighted by Crippen LogP contribution is 2.23. The SMILES string of the molecule is C.C.C.C.C.C.CC1C(=O)N(C)C(=O)C1C.CC1C(=O)OC(=O)C1C.COC(=O)C(C)C(C)C(=O)OC. The van der Waals surface area contributed by atoms with Crippen LogP contribution in [0.3, 0.4) is 0 Å². The Morgan fingerprint density at radius 1 is 0.649 bits per heavy atom. The summed E-state index contributed by atoms with van der Waals surface area (Å²) in [7, 11) is 4.12. The van der Waals surface area contributed by atoms with Crippen molar-refractivity contribution in [1.82, 2.24) is 4.90 Å². The maximum absolute atomic E-state index is 11.0. The Bertz CT molecular complexity index is 663. The third-order valence-electron chi connectivity index (χ3n) is 5.78. The summed E-state index contributed by atoms with van der Waals surface area (Å²) in [5, 5.41) is 0. The van der Waals surface area contributed by atoms with Gasteiger partial charge in [-0.2, -0.15) is 0 Å². The molecule has 224 valence electrons. The van der Waals surface area contributed by atoms with Crippen LogP contribution in [0.25, 0.3) is 0 Å². The largest absolute Gasteiger partial charge is 0.469 e. The normalized spacial score (nSPS) is 22.4. The zero-order valence-corrected chi connectivity index (χ0v) is 19.6. The number of likely N-dealkylation sites (tertiary alicyclic amines) is 1. The molecule has 2 aliphatic heterocycles. The fourth-order valence-electron chi connectivity index (χ4n) is 2.62. The summed E-state index contributed by atoms with van der Waals surface area (Å²) in [6, 6.07) is 0. The minimum atomic E-state index is -0.456. The number of methoxy groups -OCH3 is 2. The Labute approximate surface area is 226 Å². The molecule has 0 aromatic carbocycles. The van der Waals surface area contributed by atoms with Gasteiger partial charge < -0.3 is 14.2 Å². The minimum absolute atomic E-state index is 0. The monoisotopic (exact) mass is 539 g/mol. The first-order chi connectivity index (χ1) is 14.2. The molecule has 6 unspecified atom stereocenters. The van der Waals surface area contributed by atoms with E-state index in [1.807, 2.05) is 0 Å². The standard InChI is InChI=1S/C8H14O4.C7H11NO2.C6H8O3.6CH4/c1-5(7(9)11-3)6(2)8(10)12-4;1-4-5(2)7(10)8(3)6(4)9;1-3-4(2)6(8)9-5(3)7;;;;;;/h5-6H,1-4H3;4-5H,1-3H3;3-4H,1-2H3;6*1H4. The number of hydrogen-bond acceptors (Lipinski definition) is 9. The topological polar surface area (TPSA) is 133 Å². The van der Waals surface area contributed by atoms with Crippen molar-refractivity contribution in [2.24, 2.45) is 35.5 Å². The second-order valence-electron chi connectivity index (χ2n) is 7.75. The molecule has 0 saturated carbocycles. The van der Waals surface area contributed by atoms with Gasteiger partial charge in [0.1, 0.15) is 0 Å². The van der Waals surface area contributed by atoms with Crippen LogP contribution in [-0.4, -0.2) is 61.9 Å². The molecule has 37 heavy (non-hydrogen) atoms. The minimum Gasteiger partial charge on any atom is -0.469 e. The van der Waals surface area contributed by atoms with Crippen LogP contribution in [0.1, 0.15) is 86.1 Å². The first-order valence-corrected chi connectivity index (χ1v) is 9.95. The summed E-state index contributed by atoms with van der Waals surface area (Å²) in [5.74, 6) is -3.37. The molecule has 0 aromatic rings. The lowest BCUT2D eigenvalue weighted by molar-refractivity contribution is -0.156. The van der Waals surface area contributed by atoms with Crippen molar-refractivity contribution in [1.29, 1.82) is 0 Å². The average molecular weight is 540 g/mol. The number of cyclic esters (lactones) is 2. The number of carbonyl (C=O) groups excluding carboxylic acids is 6. The van der Waals surface area contributed by atoms with E-state index in [-0.39, 0.29) is 80.0 Å². The van der Waals surface area contributed by atoms with E-state index in [4.69, 9.17) is 0 Å². The number of imide groups is 1. The third kappa shape index (κ3) is 13.4. The van der Waals surface area contributed by atoms with E-state index in [1.54, 1.807) is 41.5 Å². The molecule has 10 heteroatoms. The van der Waals surface area contributed by atoms with Crippen LogP contribution >= 0.6 is 0 Å². The lowest BCUT2D eigenvalue weighted by Crippen LogP contribution is -2.27. The summed E-state index contributed by atoms with van der Waals surface area (Å²) >= 11 is 0. The molecule has 2 amide bonds. The van der Waals surface area contributed by atoms with Gasteiger partial charge in [-0.3, -0.25) is 33.7 Å². The third-order valence-corrected chi connectivity index (χ3v) is 5.78. The van der Waals surface area contributed by atoms with Gasteiger partial charge in [-0.1, -0.05) is 86.1 Å². The zero-order valence-electron chi connectivity index (χ0n) is 19.6. The van der Waals surface area contributed by atoms with Crippen LogP contribution in [-0.2, 0) is 43.0 Å². The molecule has 0 aromatic heterocycles. The van der Waals surface area contributed by atoms with E-state index in [1.165, 1.54) is 26.2 Å². The highest BCUT2D eigenvalue weighted by Gasteiger charge is 2.39. The molecule has 2 fully saturated rings.